The highest BCUT2D eigenvalue weighted by molar-refractivity contribution is 5.59. The molecule has 1 aromatic rings. The first kappa shape index (κ1) is 16.4. The molecule has 1 heterocycles. The van der Waals surface area contributed by atoms with Gasteiger partial charge in [-0.05, 0) is 11.6 Å². The van der Waals surface area contributed by atoms with Crippen molar-refractivity contribution >= 4 is 0 Å². The maximum Gasteiger partial charge on any atom is 0.203 e. The van der Waals surface area contributed by atoms with Crippen LogP contribution in [0, 0.1) is 0 Å². The number of benzene rings is 1. The topological polar surface area (TPSA) is 27.7 Å². The summed E-state index contributed by atoms with van der Waals surface area (Å²) >= 11 is 0. The zero-order chi connectivity index (χ0) is 13.3. The minimum absolute atomic E-state index is 0. The molecule has 1 aliphatic heterocycles. The summed E-state index contributed by atoms with van der Waals surface area (Å²) in [6.45, 7) is 2.09. The van der Waals surface area contributed by atoms with Crippen molar-refractivity contribution in [2.24, 2.45) is 0 Å². The summed E-state index contributed by atoms with van der Waals surface area (Å²) in [5.74, 6) is 2.26. The Morgan fingerprint density at radius 3 is 2.16 bits per heavy atom. The Morgan fingerprint density at radius 1 is 1.00 bits per heavy atom. The Labute approximate surface area is 132 Å². The van der Waals surface area contributed by atoms with Gasteiger partial charge in [0, 0.05) is 6.42 Å². The second kappa shape index (κ2) is 6.17. The fraction of sp³-hybridized carbons (Fsp3) is 0.571. The summed E-state index contributed by atoms with van der Waals surface area (Å²) in [5.41, 5.74) is 2.55. The molecule has 0 atom stereocenters. The summed E-state index contributed by atoms with van der Waals surface area (Å²) in [6, 6.07) is 2.08. The van der Waals surface area contributed by atoms with Crippen LogP contribution in [0.5, 0.6) is 17.2 Å². The van der Waals surface area contributed by atoms with Crippen LogP contribution in [-0.2, 0) is 13.0 Å². The SMILES string of the molecule is COc1cc2c(c(OC)c1OC)C[N+](C)(C)CC2.[I-]. The third kappa shape index (κ3) is 3.08. The van der Waals surface area contributed by atoms with Gasteiger partial charge in [0.2, 0.25) is 5.75 Å². The van der Waals surface area contributed by atoms with Crippen molar-refractivity contribution in [2.75, 3.05) is 42.0 Å². The molecule has 0 unspecified atom stereocenters. The van der Waals surface area contributed by atoms with E-state index in [1.807, 2.05) is 0 Å². The molecule has 0 aromatic heterocycles. The van der Waals surface area contributed by atoms with Gasteiger partial charge in [-0.3, -0.25) is 0 Å². The van der Waals surface area contributed by atoms with Gasteiger partial charge < -0.3 is 42.7 Å². The highest BCUT2D eigenvalue weighted by Crippen LogP contribution is 2.44. The van der Waals surface area contributed by atoms with Gasteiger partial charge in [-0.2, -0.15) is 0 Å². The van der Waals surface area contributed by atoms with Crippen LogP contribution in [-0.4, -0.2) is 46.5 Å². The van der Waals surface area contributed by atoms with Crippen LogP contribution < -0.4 is 38.2 Å². The van der Waals surface area contributed by atoms with Gasteiger partial charge in [-0.25, -0.2) is 0 Å². The molecule has 1 aliphatic rings. The van der Waals surface area contributed by atoms with E-state index in [0.717, 1.165) is 35.5 Å². The maximum atomic E-state index is 5.56. The van der Waals surface area contributed by atoms with Crippen molar-refractivity contribution in [3.05, 3.63) is 17.2 Å². The molecule has 5 heteroatoms. The predicted octanol–water partition coefficient (Wildman–Crippen LogP) is -1.15. The van der Waals surface area contributed by atoms with Crippen LogP contribution in [0.15, 0.2) is 6.07 Å². The number of quaternary nitrogens is 1. The normalized spacial score (nSPS) is 16.1. The lowest BCUT2D eigenvalue weighted by Crippen LogP contribution is -3.00. The zero-order valence-corrected chi connectivity index (χ0v) is 14.4. The summed E-state index contributed by atoms with van der Waals surface area (Å²) in [7, 11) is 9.46. The second-order valence-electron chi connectivity index (χ2n) is 5.35. The number of rotatable bonds is 3. The molecule has 0 amide bonds. The zero-order valence-electron chi connectivity index (χ0n) is 12.2. The van der Waals surface area contributed by atoms with Crippen molar-refractivity contribution in [3.8, 4) is 17.2 Å². The molecule has 1 aromatic carbocycles. The van der Waals surface area contributed by atoms with E-state index in [1.165, 1.54) is 11.1 Å². The van der Waals surface area contributed by atoms with Crippen LogP contribution in [0.3, 0.4) is 0 Å². The minimum atomic E-state index is 0. The van der Waals surface area contributed by atoms with E-state index in [-0.39, 0.29) is 24.0 Å². The molecule has 19 heavy (non-hydrogen) atoms. The van der Waals surface area contributed by atoms with E-state index in [0.29, 0.717) is 5.75 Å². The third-order valence-electron chi connectivity index (χ3n) is 3.60. The standard InChI is InChI=1S/C14H22NO3.HI/c1-15(2)7-6-10-8-12(16-3)14(18-5)13(17-4)11(10)9-15;/h8H,6-7,9H2,1-5H3;1H/q+1;/p-1. The van der Waals surface area contributed by atoms with Gasteiger partial charge in [-0.1, -0.05) is 0 Å². The average Bonchev–Trinajstić information content (AvgIpc) is 2.35. The van der Waals surface area contributed by atoms with Crippen molar-refractivity contribution in [3.63, 3.8) is 0 Å². The highest BCUT2D eigenvalue weighted by atomic mass is 127. The number of likely N-dealkylation sites (N-methyl/N-ethyl adjacent to an activating group) is 1. The summed E-state index contributed by atoms with van der Waals surface area (Å²) in [6.07, 6.45) is 1.04. The first-order valence-electron chi connectivity index (χ1n) is 6.15. The van der Waals surface area contributed by atoms with Crippen LogP contribution in [0.25, 0.3) is 0 Å². The summed E-state index contributed by atoms with van der Waals surface area (Å²) in [4.78, 5) is 0. The fourth-order valence-corrected chi connectivity index (χ4v) is 2.59. The largest absolute Gasteiger partial charge is 1.00 e. The van der Waals surface area contributed by atoms with Crippen molar-refractivity contribution < 1.29 is 42.7 Å². The Morgan fingerprint density at radius 2 is 1.63 bits per heavy atom. The van der Waals surface area contributed by atoms with E-state index >= 15 is 0 Å². The monoisotopic (exact) mass is 379 g/mol. The number of nitrogens with zero attached hydrogens (tertiary/aromatic N) is 1. The van der Waals surface area contributed by atoms with E-state index in [1.54, 1.807) is 21.3 Å². The van der Waals surface area contributed by atoms with Gasteiger partial charge in [0.05, 0.1) is 47.5 Å². The quantitative estimate of drug-likeness (QED) is 0.491. The van der Waals surface area contributed by atoms with E-state index in [9.17, 15) is 0 Å². The smallest absolute Gasteiger partial charge is 0.203 e. The molecule has 108 valence electrons. The fourth-order valence-electron chi connectivity index (χ4n) is 2.59. The van der Waals surface area contributed by atoms with Gasteiger partial charge in [-0.15, -0.1) is 0 Å². The van der Waals surface area contributed by atoms with Gasteiger partial charge in [0.25, 0.3) is 0 Å². The van der Waals surface area contributed by atoms with Crippen molar-refractivity contribution in [2.45, 2.75) is 13.0 Å². The Kier molecular flexibility index (Phi) is 5.32. The van der Waals surface area contributed by atoms with E-state index in [2.05, 4.69) is 20.2 Å². The lowest BCUT2D eigenvalue weighted by molar-refractivity contribution is -0.905. The number of halogens is 1. The number of hydrogen-bond acceptors (Lipinski definition) is 3. The van der Waals surface area contributed by atoms with Crippen molar-refractivity contribution in [1.29, 1.82) is 0 Å². The molecule has 0 bridgehead atoms. The van der Waals surface area contributed by atoms with Gasteiger partial charge in [0.1, 0.15) is 6.54 Å². The summed E-state index contributed by atoms with van der Waals surface area (Å²) < 4.78 is 17.3. The Balaban J connectivity index is 0.00000180. The molecular weight excluding hydrogens is 357 g/mol. The Hall–Kier alpha value is -0.690. The molecular formula is C14H22INO3. The van der Waals surface area contributed by atoms with Crippen LogP contribution >= 0.6 is 0 Å². The van der Waals surface area contributed by atoms with Gasteiger partial charge >= 0.3 is 0 Å². The first-order chi connectivity index (χ1) is 8.52. The predicted molar refractivity (Wildman–Crippen MR) is 70.5 cm³/mol. The molecule has 0 spiro atoms. The number of hydrogen-bond donors (Lipinski definition) is 0. The Bertz CT molecular complexity index is 460. The lowest BCUT2D eigenvalue weighted by Gasteiger charge is -2.36. The maximum absolute atomic E-state index is 5.56. The van der Waals surface area contributed by atoms with Gasteiger partial charge in [0.15, 0.2) is 11.5 Å². The minimum Gasteiger partial charge on any atom is -1.00 e. The molecule has 2 rings (SSSR count). The van der Waals surface area contributed by atoms with Crippen molar-refractivity contribution in [1.82, 2.24) is 0 Å². The number of fused-ring (bicyclic) bond motifs is 1. The molecule has 0 saturated carbocycles. The summed E-state index contributed by atoms with van der Waals surface area (Å²) in [5, 5.41) is 0. The van der Waals surface area contributed by atoms with Crippen LogP contribution in [0.1, 0.15) is 11.1 Å². The molecule has 0 fully saturated rings. The molecule has 0 saturated heterocycles. The lowest BCUT2D eigenvalue weighted by atomic mass is 9.96. The molecule has 0 aliphatic carbocycles. The second-order valence-corrected chi connectivity index (χ2v) is 5.35. The van der Waals surface area contributed by atoms with Crippen LogP contribution in [0.2, 0.25) is 0 Å². The number of ether oxygens (including phenoxy) is 3. The average molecular weight is 379 g/mol. The number of methoxy groups -OCH3 is 3. The molecule has 4 nitrogen and oxygen atoms in total. The van der Waals surface area contributed by atoms with E-state index < -0.39 is 0 Å². The first-order valence-corrected chi connectivity index (χ1v) is 6.15. The van der Waals surface area contributed by atoms with Crippen LogP contribution in [0.4, 0.5) is 0 Å². The highest BCUT2D eigenvalue weighted by Gasteiger charge is 2.30. The molecule has 0 N–H and O–H groups in total. The van der Waals surface area contributed by atoms with E-state index in [4.69, 9.17) is 14.2 Å². The third-order valence-corrected chi connectivity index (χ3v) is 3.60. The molecule has 0 radical (unpaired) electrons.